The van der Waals surface area contributed by atoms with Crippen molar-refractivity contribution in [2.75, 3.05) is 29.9 Å². The Kier molecular flexibility index (Phi) is 4.42. The summed E-state index contributed by atoms with van der Waals surface area (Å²) in [7, 11) is 0. The summed E-state index contributed by atoms with van der Waals surface area (Å²) >= 11 is 0. The van der Waals surface area contributed by atoms with E-state index in [0.29, 0.717) is 0 Å². The van der Waals surface area contributed by atoms with Gasteiger partial charge in [-0.2, -0.15) is 0 Å². The zero-order valence-electron chi connectivity index (χ0n) is 11.5. The number of pyridine rings is 1. The number of hydrogen-bond donors (Lipinski definition) is 1. The van der Waals surface area contributed by atoms with Crippen LogP contribution >= 0.6 is 0 Å². The largest absolute Gasteiger partial charge is 0.384 e. The molecule has 0 saturated carbocycles. The fourth-order valence-electron chi connectivity index (χ4n) is 2.36. The Hall–Kier alpha value is -1.29. The van der Waals surface area contributed by atoms with Crippen molar-refractivity contribution in [2.45, 2.75) is 39.4 Å². The van der Waals surface area contributed by atoms with E-state index in [1.54, 1.807) is 0 Å². The predicted octanol–water partition coefficient (Wildman–Crippen LogP) is 2.52. The molecule has 2 rings (SSSR count). The van der Waals surface area contributed by atoms with Crippen molar-refractivity contribution in [2.24, 2.45) is 0 Å². The van der Waals surface area contributed by atoms with E-state index in [0.717, 1.165) is 31.7 Å². The minimum atomic E-state index is 0.279. The number of aromatic nitrogens is 1. The molecule has 2 atom stereocenters. The van der Waals surface area contributed by atoms with E-state index in [4.69, 9.17) is 4.74 Å². The molecule has 0 bridgehead atoms. The Balaban J connectivity index is 2.07. The van der Waals surface area contributed by atoms with Gasteiger partial charge in [0.15, 0.2) is 0 Å². The molecule has 1 aliphatic rings. The fourth-order valence-corrected chi connectivity index (χ4v) is 2.36. The van der Waals surface area contributed by atoms with Gasteiger partial charge in [-0.15, -0.1) is 0 Å². The Morgan fingerprint density at radius 1 is 1.33 bits per heavy atom. The molecule has 1 aromatic rings. The lowest BCUT2D eigenvalue weighted by Crippen LogP contribution is -2.45. The first-order chi connectivity index (χ1) is 8.69. The first kappa shape index (κ1) is 13.1. The van der Waals surface area contributed by atoms with Gasteiger partial charge >= 0.3 is 0 Å². The average Bonchev–Trinajstić information content (AvgIpc) is 2.35. The second-order valence-corrected chi connectivity index (χ2v) is 5.02. The van der Waals surface area contributed by atoms with Gasteiger partial charge in [0.05, 0.1) is 36.0 Å². The van der Waals surface area contributed by atoms with Gasteiger partial charge in [0.1, 0.15) is 0 Å². The molecule has 0 radical (unpaired) electrons. The zero-order valence-corrected chi connectivity index (χ0v) is 11.5. The quantitative estimate of drug-likeness (QED) is 0.889. The summed E-state index contributed by atoms with van der Waals surface area (Å²) in [6.45, 7) is 9.26. The third-order valence-electron chi connectivity index (χ3n) is 3.09. The maximum Gasteiger partial charge on any atom is 0.0726 e. The van der Waals surface area contributed by atoms with Crippen LogP contribution in [0.15, 0.2) is 18.5 Å². The molecule has 1 fully saturated rings. The lowest BCUT2D eigenvalue weighted by molar-refractivity contribution is -0.00523. The van der Waals surface area contributed by atoms with Gasteiger partial charge in [0.2, 0.25) is 0 Å². The Morgan fingerprint density at radius 2 is 2.06 bits per heavy atom. The summed E-state index contributed by atoms with van der Waals surface area (Å²) in [6.07, 6.45) is 5.49. The lowest BCUT2D eigenvalue weighted by atomic mass is 10.2. The molecular formula is C14H23N3O. The summed E-state index contributed by atoms with van der Waals surface area (Å²) in [5, 5.41) is 3.38. The highest BCUT2D eigenvalue weighted by Crippen LogP contribution is 2.22. The van der Waals surface area contributed by atoms with Gasteiger partial charge in [-0.05, 0) is 26.3 Å². The van der Waals surface area contributed by atoms with Gasteiger partial charge < -0.3 is 15.0 Å². The average molecular weight is 249 g/mol. The molecule has 4 nitrogen and oxygen atoms in total. The molecule has 2 heterocycles. The molecule has 0 spiro atoms. The smallest absolute Gasteiger partial charge is 0.0726 e. The van der Waals surface area contributed by atoms with Gasteiger partial charge in [-0.25, -0.2) is 0 Å². The molecule has 1 N–H and O–H groups in total. The maximum absolute atomic E-state index is 5.76. The third-order valence-corrected chi connectivity index (χ3v) is 3.09. The SMILES string of the molecule is CCCNc1cncc(N2C[C@@H](C)O[C@@H](C)C2)c1. The Bertz CT molecular complexity index is 373. The van der Waals surface area contributed by atoms with E-state index in [-0.39, 0.29) is 12.2 Å². The molecule has 100 valence electrons. The normalized spacial score (nSPS) is 24.1. The van der Waals surface area contributed by atoms with Gasteiger partial charge in [0.25, 0.3) is 0 Å². The molecule has 0 amide bonds. The number of hydrogen-bond acceptors (Lipinski definition) is 4. The molecular weight excluding hydrogens is 226 g/mol. The molecule has 1 aromatic heterocycles. The van der Waals surface area contributed by atoms with E-state index in [9.17, 15) is 0 Å². The van der Waals surface area contributed by atoms with Crippen molar-refractivity contribution in [1.29, 1.82) is 0 Å². The van der Waals surface area contributed by atoms with Crippen LogP contribution in [-0.2, 0) is 4.74 Å². The second kappa shape index (κ2) is 6.05. The minimum Gasteiger partial charge on any atom is -0.384 e. The van der Waals surface area contributed by atoms with Gasteiger partial charge in [-0.1, -0.05) is 6.92 Å². The van der Waals surface area contributed by atoms with Crippen molar-refractivity contribution in [3.05, 3.63) is 18.5 Å². The Morgan fingerprint density at radius 3 is 2.72 bits per heavy atom. The molecule has 18 heavy (non-hydrogen) atoms. The molecule has 0 aliphatic carbocycles. The number of nitrogens with one attached hydrogen (secondary N) is 1. The van der Waals surface area contributed by atoms with Crippen LogP contribution in [0.25, 0.3) is 0 Å². The van der Waals surface area contributed by atoms with E-state index in [2.05, 4.69) is 42.0 Å². The maximum atomic E-state index is 5.76. The van der Waals surface area contributed by atoms with Gasteiger partial charge in [0, 0.05) is 19.6 Å². The number of rotatable bonds is 4. The highest BCUT2D eigenvalue weighted by atomic mass is 16.5. The molecule has 0 aromatic carbocycles. The van der Waals surface area contributed by atoms with Crippen LogP contribution < -0.4 is 10.2 Å². The molecule has 1 saturated heterocycles. The summed E-state index contributed by atoms with van der Waals surface area (Å²) < 4.78 is 5.76. The number of anilines is 2. The number of ether oxygens (including phenoxy) is 1. The van der Waals surface area contributed by atoms with Crippen LogP contribution in [0.5, 0.6) is 0 Å². The predicted molar refractivity (Wildman–Crippen MR) is 75.2 cm³/mol. The van der Waals surface area contributed by atoms with Crippen molar-refractivity contribution >= 4 is 11.4 Å². The van der Waals surface area contributed by atoms with E-state index in [1.165, 1.54) is 5.69 Å². The summed E-state index contributed by atoms with van der Waals surface area (Å²) in [6, 6.07) is 2.17. The zero-order chi connectivity index (χ0) is 13.0. The first-order valence-corrected chi connectivity index (χ1v) is 6.78. The minimum absolute atomic E-state index is 0.279. The monoisotopic (exact) mass is 249 g/mol. The molecule has 0 unspecified atom stereocenters. The van der Waals surface area contributed by atoms with Gasteiger partial charge in [-0.3, -0.25) is 4.98 Å². The van der Waals surface area contributed by atoms with E-state index in [1.807, 2.05) is 12.4 Å². The molecule has 4 heteroatoms. The first-order valence-electron chi connectivity index (χ1n) is 6.78. The lowest BCUT2D eigenvalue weighted by Gasteiger charge is -2.36. The van der Waals surface area contributed by atoms with Crippen LogP contribution in [-0.4, -0.2) is 36.8 Å². The summed E-state index contributed by atoms with van der Waals surface area (Å²) in [5.41, 5.74) is 2.28. The third kappa shape index (κ3) is 3.35. The standard InChI is InChI=1S/C14H23N3O/c1-4-5-16-13-6-14(8-15-7-13)17-9-11(2)18-12(3)10-17/h6-8,11-12,16H,4-5,9-10H2,1-3H3/t11-,12+. The number of nitrogens with zero attached hydrogens (tertiary/aromatic N) is 2. The molecule has 1 aliphatic heterocycles. The number of morpholine rings is 1. The van der Waals surface area contributed by atoms with Crippen LogP contribution in [0.1, 0.15) is 27.2 Å². The fraction of sp³-hybridized carbons (Fsp3) is 0.643. The van der Waals surface area contributed by atoms with Crippen LogP contribution in [0, 0.1) is 0 Å². The second-order valence-electron chi connectivity index (χ2n) is 5.02. The van der Waals surface area contributed by atoms with Crippen molar-refractivity contribution < 1.29 is 4.74 Å². The van der Waals surface area contributed by atoms with Crippen molar-refractivity contribution in [1.82, 2.24) is 4.98 Å². The van der Waals surface area contributed by atoms with E-state index >= 15 is 0 Å². The van der Waals surface area contributed by atoms with Crippen LogP contribution in [0.3, 0.4) is 0 Å². The highest BCUT2D eigenvalue weighted by molar-refractivity contribution is 5.55. The van der Waals surface area contributed by atoms with Crippen molar-refractivity contribution in [3.63, 3.8) is 0 Å². The summed E-state index contributed by atoms with van der Waals surface area (Å²) in [4.78, 5) is 6.67. The topological polar surface area (TPSA) is 37.4 Å². The highest BCUT2D eigenvalue weighted by Gasteiger charge is 2.22. The van der Waals surface area contributed by atoms with Crippen LogP contribution in [0.4, 0.5) is 11.4 Å². The van der Waals surface area contributed by atoms with Crippen molar-refractivity contribution in [3.8, 4) is 0 Å². The Labute approximate surface area is 109 Å². The summed E-state index contributed by atoms with van der Waals surface area (Å²) in [5.74, 6) is 0. The van der Waals surface area contributed by atoms with Crippen LogP contribution in [0.2, 0.25) is 0 Å². The van der Waals surface area contributed by atoms with E-state index < -0.39 is 0 Å².